The van der Waals surface area contributed by atoms with Gasteiger partial charge in [0.2, 0.25) is 0 Å². The second-order valence-corrected chi connectivity index (χ2v) is 7.52. The summed E-state index contributed by atoms with van der Waals surface area (Å²) < 4.78 is 0. The predicted molar refractivity (Wildman–Crippen MR) is 89.1 cm³/mol. The molecule has 0 aromatic carbocycles. The number of aromatic nitrogens is 2. The molecule has 1 amide bonds. The van der Waals surface area contributed by atoms with Crippen LogP contribution in [0.2, 0.25) is 0 Å². The lowest BCUT2D eigenvalue weighted by Crippen LogP contribution is -2.29. The molecule has 3 N–H and O–H groups in total. The topological polar surface area (TPSA) is 80.9 Å². The van der Waals surface area contributed by atoms with Gasteiger partial charge in [-0.05, 0) is 43.3 Å². The van der Waals surface area contributed by atoms with E-state index in [9.17, 15) is 4.79 Å². The summed E-state index contributed by atoms with van der Waals surface area (Å²) in [6.07, 6.45) is 1.18. The van der Waals surface area contributed by atoms with Crippen molar-refractivity contribution in [2.24, 2.45) is 5.92 Å². The lowest BCUT2D eigenvalue weighted by atomic mass is 10.1. The molecule has 3 heterocycles. The summed E-state index contributed by atoms with van der Waals surface area (Å²) in [5, 5.41) is 12.1. The molecule has 0 aliphatic carbocycles. The Kier molecular flexibility index (Phi) is 4.03. The molecule has 1 unspecified atom stereocenters. The van der Waals surface area contributed by atoms with E-state index >= 15 is 0 Å². The third kappa shape index (κ3) is 2.72. The van der Waals surface area contributed by atoms with E-state index < -0.39 is 0 Å². The van der Waals surface area contributed by atoms with Crippen LogP contribution in [0.25, 0.3) is 10.2 Å². The molecule has 7 heteroatoms. The highest BCUT2D eigenvalue weighted by molar-refractivity contribution is 7.99. The third-order valence-electron chi connectivity index (χ3n) is 3.92. The maximum Gasteiger partial charge on any atom is 0.263 e. The van der Waals surface area contributed by atoms with Crippen LogP contribution in [0.5, 0.6) is 0 Å². The van der Waals surface area contributed by atoms with Crippen LogP contribution in [0.1, 0.15) is 27.3 Å². The standard InChI is InChI=1S/C14H18N4OS2/c1-7-8(2)17-18-14-10(7)11(15)12(21-14)13(19)16-5-9-3-4-20-6-9/h9H,3-6,15H2,1-2H3,(H,16,19). The summed E-state index contributed by atoms with van der Waals surface area (Å²) in [5.41, 5.74) is 8.55. The number of nitrogen functional groups attached to an aromatic ring is 1. The normalized spacial score (nSPS) is 18.3. The summed E-state index contributed by atoms with van der Waals surface area (Å²) in [5.74, 6) is 2.81. The highest BCUT2D eigenvalue weighted by atomic mass is 32.2. The molecule has 2 aromatic heterocycles. The van der Waals surface area contributed by atoms with Gasteiger partial charge in [0.15, 0.2) is 0 Å². The zero-order valence-electron chi connectivity index (χ0n) is 12.1. The maximum atomic E-state index is 12.4. The Morgan fingerprint density at radius 1 is 1.43 bits per heavy atom. The number of nitrogens with zero attached hydrogens (tertiary/aromatic N) is 2. The monoisotopic (exact) mass is 322 g/mol. The molecule has 1 fully saturated rings. The van der Waals surface area contributed by atoms with Gasteiger partial charge >= 0.3 is 0 Å². The first-order valence-electron chi connectivity index (χ1n) is 6.95. The van der Waals surface area contributed by atoms with Gasteiger partial charge in [-0.3, -0.25) is 4.79 Å². The van der Waals surface area contributed by atoms with Gasteiger partial charge in [0, 0.05) is 11.9 Å². The van der Waals surface area contributed by atoms with E-state index in [1.165, 1.54) is 23.5 Å². The highest BCUT2D eigenvalue weighted by Crippen LogP contribution is 2.34. The van der Waals surface area contributed by atoms with Gasteiger partial charge in [0.1, 0.15) is 9.71 Å². The number of nitrogens with two attached hydrogens (primary N) is 1. The minimum Gasteiger partial charge on any atom is -0.397 e. The number of rotatable bonds is 3. The molecule has 0 bridgehead atoms. The minimum atomic E-state index is -0.0931. The Hall–Kier alpha value is -1.34. The van der Waals surface area contributed by atoms with E-state index in [-0.39, 0.29) is 5.91 Å². The zero-order valence-corrected chi connectivity index (χ0v) is 13.7. The Bertz CT molecular complexity index is 692. The second-order valence-electron chi connectivity index (χ2n) is 5.38. The molecule has 0 radical (unpaired) electrons. The number of carbonyl (C=O) groups excluding carboxylic acids is 1. The fourth-order valence-electron chi connectivity index (χ4n) is 2.47. The van der Waals surface area contributed by atoms with Crippen LogP contribution in [0, 0.1) is 19.8 Å². The number of amides is 1. The number of aryl methyl sites for hydroxylation is 2. The van der Waals surface area contributed by atoms with Crippen LogP contribution >= 0.6 is 23.1 Å². The van der Waals surface area contributed by atoms with E-state index in [1.54, 1.807) is 0 Å². The van der Waals surface area contributed by atoms with Crippen molar-refractivity contribution in [3.8, 4) is 0 Å². The molecule has 1 aliphatic rings. The van der Waals surface area contributed by atoms with E-state index in [4.69, 9.17) is 5.73 Å². The molecule has 1 saturated heterocycles. The lowest BCUT2D eigenvalue weighted by molar-refractivity contribution is 0.0953. The SMILES string of the molecule is Cc1nnc2sc(C(=O)NCC3CCSC3)c(N)c2c1C. The van der Waals surface area contributed by atoms with Gasteiger partial charge in [-0.25, -0.2) is 0 Å². The molecule has 5 nitrogen and oxygen atoms in total. The van der Waals surface area contributed by atoms with Crippen LogP contribution in [0.15, 0.2) is 0 Å². The summed E-state index contributed by atoms with van der Waals surface area (Å²) >= 11 is 3.27. The first-order chi connectivity index (χ1) is 10.1. The van der Waals surface area contributed by atoms with Crippen molar-refractivity contribution in [3.63, 3.8) is 0 Å². The number of thioether (sulfide) groups is 1. The van der Waals surface area contributed by atoms with Crippen molar-refractivity contribution in [3.05, 3.63) is 16.1 Å². The predicted octanol–water partition coefficient (Wildman–Crippen LogP) is 2.37. The first-order valence-corrected chi connectivity index (χ1v) is 8.93. The highest BCUT2D eigenvalue weighted by Gasteiger charge is 2.21. The van der Waals surface area contributed by atoms with Crippen LogP contribution in [-0.4, -0.2) is 34.2 Å². The van der Waals surface area contributed by atoms with Gasteiger partial charge in [-0.2, -0.15) is 16.9 Å². The van der Waals surface area contributed by atoms with Crippen molar-refractivity contribution in [1.82, 2.24) is 15.5 Å². The van der Waals surface area contributed by atoms with Gasteiger partial charge in [0.25, 0.3) is 5.91 Å². The number of carbonyl (C=O) groups is 1. The van der Waals surface area contributed by atoms with Crippen molar-refractivity contribution in [2.75, 3.05) is 23.8 Å². The molecule has 0 saturated carbocycles. The molecule has 1 atom stereocenters. The fourth-order valence-corrected chi connectivity index (χ4v) is 4.77. The third-order valence-corrected chi connectivity index (χ3v) is 6.24. The first kappa shape index (κ1) is 14.6. The lowest BCUT2D eigenvalue weighted by Gasteiger charge is -2.09. The van der Waals surface area contributed by atoms with Gasteiger partial charge in [0.05, 0.1) is 11.4 Å². The van der Waals surface area contributed by atoms with Crippen LogP contribution in [0.3, 0.4) is 0 Å². The smallest absolute Gasteiger partial charge is 0.263 e. The molecular weight excluding hydrogens is 304 g/mol. The van der Waals surface area contributed by atoms with Crippen molar-refractivity contribution >= 4 is 44.9 Å². The van der Waals surface area contributed by atoms with Crippen molar-refractivity contribution in [1.29, 1.82) is 0 Å². The van der Waals surface area contributed by atoms with Gasteiger partial charge in [-0.15, -0.1) is 16.4 Å². The maximum absolute atomic E-state index is 12.4. The van der Waals surface area contributed by atoms with E-state index in [2.05, 4.69) is 15.5 Å². The largest absolute Gasteiger partial charge is 0.397 e. The van der Waals surface area contributed by atoms with Crippen molar-refractivity contribution in [2.45, 2.75) is 20.3 Å². The minimum absolute atomic E-state index is 0.0931. The quantitative estimate of drug-likeness (QED) is 0.907. The number of fused-ring (bicyclic) bond motifs is 1. The number of anilines is 1. The van der Waals surface area contributed by atoms with Crippen LogP contribution in [-0.2, 0) is 0 Å². The number of thiophene rings is 1. The fraction of sp³-hybridized carbons (Fsp3) is 0.500. The second kappa shape index (κ2) is 5.81. The zero-order chi connectivity index (χ0) is 15.0. The van der Waals surface area contributed by atoms with E-state index in [1.807, 2.05) is 25.6 Å². The molecule has 0 spiro atoms. The van der Waals surface area contributed by atoms with Gasteiger partial charge in [-0.1, -0.05) is 0 Å². The Balaban J connectivity index is 1.84. The van der Waals surface area contributed by atoms with Crippen molar-refractivity contribution < 1.29 is 4.79 Å². The Labute approximate surface area is 131 Å². The summed E-state index contributed by atoms with van der Waals surface area (Å²) in [6.45, 7) is 4.59. The van der Waals surface area contributed by atoms with Crippen LogP contribution in [0.4, 0.5) is 5.69 Å². The number of hydrogen-bond donors (Lipinski definition) is 2. The summed E-state index contributed by atoms with van der Waals surface area (Å²) in [7, 11) is 0. The molecule has 3 rings (SSSR count). The van der Waals surface area contributed by atoms with E-state index in [0.29, 0.717) is 16.5 Å². The average molecular weight is 322 g/mol. The molecule has 1 aliphatic heterocycles. The summed E-state index contributed by atoms with van der Waals surface area (Å²) in [6, 6.07) is 0. The Morgan fingerprint density at radius 3 is 2.95 bits per heavy atom. The number of hydrogen-bond acceptors (Lipinski definition) is 6. The Morgan fingerprint density at radius 2 is 2.24 bits per heavy atom. The average Bonchev–Trinajstić information content (AvgIpc) is 3.09. The molecule has 2 aromatic rings. The van der Waals surface area contributed by atoms with E-state index in [0.717, 1.165) is 33.8 Å². The summed E-state index contributed by atoms with van der Waals surface area (Å²) in [4.78, 5) is 13.6. The molecule has 112 valence electrons. The number of nitrogens with one attached hydrogen (secondary N) is 1. The van der Waals surface area contributed by atoms with Crippen LogP contribution < -0.4 is 11.1 Å². The van der Waals surface area contributed by atoms with Gasteiger partial charge < -0.3 is 11.1 Å². The molecular formula is C14H18N4OS2. The molecule has 21 heavy (non-hydrogen) atoms.